The van der Waals surface area contributed by atoms with E-state index in [0.717, 1.165) is 28.6 Å². The number of nitrogens with zero attached hydrogens (tertiary/aromatic N) is 2. The second kappa shape index (κ2) is 4.55. The summed E-state index contributed by atoms with van der Waals surface area (Å²) in [5.74, 6) is 0.742. The number of hydrogen-bond acceptors (Lipinski definition) is 3. The van der Waals surface area contributed by atoms with Gasteiger partial charge in [-0.05, 0) is 19.1 Å². The molecule has 3 rings (SSSR count). The summed E-state index contributed by atoms with van der Waals surface area (Å²) in [6, 6.07) is 7.34. The van der Waals surface area contributed by atoms with Crippen molar-refractivity contribution in [1.29, 1.82) is 0 Å². The highest BCUT2D eigenvalue weighted by Gasteiger charge is 2.10. The summed E-state index contributed by atoms with van der Waals surface area (Å²) < 4.78 is 7.13. The number of aromatic nitrogens is 2. The van der Waals surface area contributed by atoms with E-state index >= 15 is 0 Å². The molecular weight excluding hydrogens is 264 g/mol. The fourth-order valence-electron chi connectivity index (χ4n) is 2.18. The third-order valence-electron chi connectivity index (χ3n) is 3.01. The molecule has 96 valence electrons. The molecule has 0 spiro atoms. The monoisotopic (exact) mass is 274 g/mol. The Hall–Kier alpha value is -2.07. The van der Waals surface area contributed by atoms with E-state index in [-0.39, 0.29) is 0 Å². The van der Waals surface area contributed by atoms with Gasteiger partial charge < -0.3 is 9.09 Å². The summed E-state index contributed by atoms with van der Waals surface area (Å²) in [6.45, 7) is 2.39. The van der Waals surface area contributed by atoms with Crippen molar-refractivity contribution in [2.24, 2.45) is 0 Å². The second-order valence-electron chi connectivity index (χ2n) is 4.43. The maximum Gasteiger partial charge on any atom is 0.156 e. The van der Waals surface area contributed by atoms with Gasteiger partial charge in [0.1, 0.15) is 0 Å². The molecule has 2 aromatic heterocycles. The summed E-state index contributed by atoms with van der Waals surface area (Å²) in [5.41, 5.74) is 2.38. The standard InChI is InChI=1S/C14H11ClN2O2/c1-9-4-12(19-16-9)7-17-6-10(8-18)13-3-2-11(15)5-14(13)17/h2-6,8H,7H2,1H3. The third-order valence-corrected chi connectivity index (χ3v) is 3.24. The molecule has 0 fully saturated rings. The highest BCUT2D eigenvalue weighted by Crippen LogP contribution is 2.24. The second-order valence-corrected chi connectivity index (χ2v) is 4.86. The van der Waals surface area contributed by atoms with Crippen molar-refractivity contribution in [1.82, 2.24) is 9.72 Å². The van der Waals surface area contributed by atoms with Crippen LogP contribution in [0, 0.1) is 6.92 Å². The summed E-state index contributed by atoms with van der Waals surface area (Å²) in [4.78, 5) is 11.1. The van der Waals surface area contributed by atoms with Gasteiger partial charge in [0, 0.05) is 28.2 Å². The minimum absolute atomic E-state index is 0.519. The first-order chi connectivity index (χ1) is 9.17. The number of hydrogen-bond donors (Lipinski definition) is 0. The van der Waals surface area contributed by atoms with Crippen LogP contribution in [-0.2, 0) is 6.54 Å². The number of rotatable bonds is 3. The molecule has 1 aromatic carbocycles. The van der Waals surface area contributed by atoms with Gasteiger partial charge in [0.05, 0.1) is 17.8 Å². The van der Waals surface area contributed by atoms with E-state index in [2.05, 4.69) is 5.16 Å². The lowest BCUT2D eigenvalue weighted by Crippen LogP contribution is -1.96. The lowest BCUT2D eigenvalue weighted by atomic mass is 10.2. The number of carbonyl (C=O) groups excluding carboxylic acids is 1. The van der Waals surface area contributed by atoms with Crippen LogP contribution in [0.25, 0.3) is 10.9 Å². The van der Waals surface area contributed by atoms with Gasteiger partial charge in [0.25, 0.3) is 0 Å². The maximum absolute atomic E-state index is 11.1. The lowest BCUT2D eigenvalue weighted by Gasteiger charge is -2.02. The number of carbonyl (C=O) groups is 1. The smallest absolute Gasteiger partial charge is 0.156 e. The lowest BCUT2D eigenvalue weighted by molar-refractivity contribution is 0.112. The Bertz CT molecular complexity index is 758. The van der Waals surface area contributed by atoms with Crippen molar-refractivity contribution in [2.75, 3.05) is 0 Å². The molecule has 0 aliphatic carbocycles. The van der Waals surface area contributed by atoms with Gasteiger partial charge in [-0.2, -0.15) is 0 Å². The molecule has 0 amide bonds. The van der Waals surface area contributed by atoms with E-state index in [4.69, 9.17) is 16.1 Å². The van der Waals surface area contributed by atoms with Gasteiger partial charge in [-0.1, -0.05) is 22.8 Å². The Kier molecular flexibility index (Phi) is 2.87. The molecule has 0 unspecified atom stereocenters. The van der Waals surface area contributed by atoms with Crippen molar-refractivity contribution in [3.05, 3.63) is 52.5 Å². The van der Waals surface area contributed by atoms with E-state index in [1.807, 2.05) is 29.7 Å². The van der Waals surface area contributed by atoms with Crippen LogP contribution >= 0.6 is 11.6 Å². The van der Waals surface area contributed by atoms with Crippen LogP contribution in [0.15, 0.2) is 35.0 Å². The number of aldehydes is 1. The summed E-state index contributed by atoms with van der Waals surface area (Å²) in [5, 5.41) is 5.38. The van der Waals surface area contributed by atoms with E-state index in [0.29, 0.717) is 17.1 Å². The van der Waals surface area contributed by atoms with Crippen LogP contribution in [0.3, 0.4) is 0 Å². The Morgan fingerprint density at radius 3 is 2.95 bits per heavy atom. The number of benzene rings is 1. The molecule has 0 atom stereocenters. The van der Waals surface area contributed by atoms with Crippen LogP contribution in [0.5, 0.6) is 0 Å². The molecule has 0 aliphatic heterocycles. The average Bonchev–Trinajstić information content (AvgIpc) is 2.94. The van der Waals surface area contributed by atoms with E-state index < -0.39 is 0 Å². The van der Waals surface area contributed by atoms with Crippen LogP contribution in [0.1, 0.15) is 21.8 Å². The van der Waals surface area contributed by atoms with Crippen molar-refractivity contribution in [3.8, 4) is 0 Å². The Morgan fingerprint density at radius 2 is 2.26 bits per heavy atom. The molecule has 4 nitrogen and oxygen atoms in total. The average molecular weight is 275 g/mol. The van der Waals surface area contributed by atoms with E-state index in [1.165, 1.54) is 0 Å². The molecular formula is C14H11ClN2O2. The Labute approximate surface area is 114 Å². The van der Waals surface area contributed by atoms with E-state index in [1.54, 1.807) is 12.3 Å². The SMILES string of the molecule is Cc1cc(Cn2cc(C=O)c3ccc(Cl)cc32)on1. The van der Waals surface area contributed by atoms with Crippen molar-refractivity contribution in [2.45, 2.75) is 13.5 Å². The van der Waals surface area contributed by atoms with Crippen LogP contribution in [-0.4, -0.2) is 16.0 Å². The van der Waals surface area contributed by atoms with Crippen LogP contribution in [0.2, 0.25) is 5.02 Å². The fraction of sp³-hybridized carbons (Fsp3) is 0.143. The van der Waals surface area contributed by atoms with E-state index in [9.17, 15) is 4.79 Å². The fourth-order valence-corrected chi connectivity index (χ4v) is 2.34. The minimum atomic E-state index is 0.519. The first-order valence-corrected chi connectivity index (χ1v) is 6.21. The quantitative estimate of drug-likeness (QED) is 0.687. The molecule has 0 saturated carbocycles. The van der Waals surface area contributed by atoms with Gasteiger partial charge in [-0.15, -0.1) is 0 Å². The molecule has 0 aliphatic rings. The molecule has 3 aromatic rings. The number of aryl methyl sites for hydroxylation is 1. The van der Waals surface area contributed by atoms with Crippen molar-refractivity contribution in [3.63, 3.8) is 0 Å². The van der Waals surface area contributed by atoms with Gasteiger partial charge >= 0.3 is 0 Å². The predicted octanol–water partition coefficient (Wildman–Crippen LogP) is 3.45. The molecule has 0 bridgehead atoms. The minimum Gasteiger partial charge on any atom is -0.359 e. The van der Waals surface area contributed by atoms with Gasteiger partial charge in [0.15, 0.2) is 12.0 Å². The van der Waals surface area contributed by atoms with Crippen LogP contribution < -0.4 is 0 Å². The van der Waals surface area contributed by atoms with Crippen molar-refractivity contribution < 1.29 is 9.32 Å². The molecule has 2 heterocycles. The summed E-state index contributed by atoms with van der Waals surface area (Å²) in [7, 11) is 0. The Balaban J connectivity index is 2.12. The highest BCUT2D eigenvalue weighted by atomic mass is 35.5. The maximum atomic E-state index is 11.1. The first-order valence-electron chi connectivity index (χ1n) is 5.83. The topological polar surface area (TPSA) is 48.0 Å². The molecule has 5 heteroatoms. The zero-order valence-corrected chi connectivity index (χ0v) is 11.0. The zero-order valence-electron chi connectivity index (χ0n) is 10.3. The van der Waals surface area contributed by atoms with Gasteiger partial charge in [-0.25, -0.2) is 0 Å². The molecule has 0 radical (unpaired) electrons. The number of fused-ring (bicyclic) bond motifs is 1. The Morgan fingerprint density at radius 1 is 1.42 bits per heavy atom. The van der Waals surface area contributed by atoms with Crippen molar-refractivity contribution >= 4 is 28.8 Å². The summed E-state index contributed by atoms with van der Waals surface area (Å²) in [6.07, 6.45) is 2.64. The van der Waals surface area contributed by atoms with Gasteiger partial charge in [-0.3, -0.25) is 4.79 Å². The molecule has 0 saturated heterocycles. The van der Waals surface area contributed by atoms with Crippen LogP contribution in [0.4, 0.5) is 0 Å². The largest absolute Gasteiger partial charge is 0.359 e. The molecule has 19 heavy (non-hydrogen) atoms. The van der Waals surface area contributed by atoms with Gasteiger partial charge in [0.2, 0.25) is 0 Å². The number of halogens is 1. The first kappa shape index (κ1) is 12.0. The molecule has 0 N–H and O–H groups in total. The third kappa shape index (κ3) is 2.15. The highest BCUT2D eigenvalue weighted by molar-refractivity contribution is 6.31. The normalized spacial score (nSPS) is 11.1. The summed E-state index contributed by atoms with van der Waals surface area (Å²) >= 11 is 6.01. The zero-order chi connectivity index (χ0) is 13.4. The predicted molar refractivity (Wildman–Crippen MR) is 72.7 cm³/mol.